The first-order valence-corrected chi connectivity index (χ1v) is 6.93. The lowest BCUT2D eigenvalue weighted by Gasteiger charge is -2.39. The van der Waals surface area contributed by atoms with E-state index < -0.39 is 5.82 Å². The predicted octanol–water partition coefficient (Wildman–Crippen LogP) is 2.00. The zero-order valence-corrected chi connectivity index (χ0v) is 12.2. The molecular weight excluding hydrogens is 259 g/mol. The maximum atomic E-state index is 13.9. The van der Waals surface area contributed by atoms with Crippen molar-refractivity contribution in [2.45, 2.75) is 19.9 Å². The van der Waals surface area contributed by atoms with Crippen molar-refractivity contribution >= 4 is 5.91 Å². The van der Waals surface area contributed by atoms with Crippen LogP contribution < -0.4 is 4.74 Å². The Hall–Kier alpha value is -1.62. The molecule has 4 nitrogen and oxygen atoms in total. The van der Waals surface area contributed by atoms with Crippen LogP contribution in [0.3, 0.4) is 0 Å². The summed E-state index contributed by atoms with van der Waals surface area (Å²) in [5.41, 5.74) is 0.114. The molecule has 1 unspecified atom stereocenters. The SMILES string of the molecule is CCN1CCN(C(=O)c2ccc(OC)cc2F)CC1C. The molecular formula is C15H21FN2O2. The molecule has 0 spiro atoms. The van der Waals surface area contributed by atoms with E-state index in [4.69, 9.17) is 4.74 Å². The van der Waals surface area contributed by atoms with Gasteiger partial charge in [-0.15, -0.1) is 0 Å². The van der Waals surface area contributed by atoms with Gasteiger partial charge in [0.05, 0.1) is 12.7 Å². The Bertz CT molecular complexity index is 493. The second kappa shape index (κ2) is 6.22. The van der Waals surface area contributed by atoms with E-state index >= 15 is 0 Å². The molecule has 1 amide bonds. The van der Waals surface area contributed by atoms with Crippen molar-refractivity contribution in [3.8, 4) is 5.75 Å². The fourth-order valence-corrected chi connectivity index (χ4v) is 2.62. The topological polar surface area (TPSA) is 32.8 Å². The minimum absolute atomic E-state index is 0.114. The second-order valence-corrected chi connectivity index (χ2v) is 5.07. The highest BCUT2D eigenvalue weighted by molar-refractivity contribution is 5.94. The van der Waals surface area contributed by atoms with Gasteiger partial charge in [0.1, 0.15) is 11.6 Å². The molecule has 1 saturated heterocycles. The Morgan fingerprint density at radius 1 is 1.45 bits per heavy atom. The summed E-state index contributed by atoms with van der Waals surface area (Å²) in [5, 5.41) is 0. The number of ether oxygens (including phenoxy) is 1. The van der Waals surface area contributed by atoms with Crippen molar-refractivity contribution in [1.82, 2.24) is 9.80 Å². The van der Waals surface area contributed by atoms with Crippen molar-refractivity contribution in [3.63, 3.8) is 0 Å². The number of carbonyl (C=O) groups excluding carboxylic acids is 1. The van der Waals surface area contributed by atoms with E-state index in [0.717, 1.165) is 13.1 Å². The Morgan fingerprint density at radius 2 is 2.20 bits per heavy atom. The highest BCUT2D eigenvalue weighted by Crippen LogP contribution is 2.19. The number of benzene rings is 1. The molecule has 1 aromatic carbocycles. The summed E-state index contributed by atoms with van der Waals surface area (Å²) >= 11 is 0. The van der Waals surface area contributed by atoms with Crippen LogP contribution >= 0.6 is 0 Å². The molecule has 1 atom stereocenters. The van der Waals surface area contributed by atoms with Crippen molar-refractivity contribution in [3.05, 3.63) is 29.6 Å². The van der Waals surface area contributed by atoms with Crippen LogP contribution in [0.2, 0.25) is 0 Å². The standard InChI is InChI=1S/C15H21FN2O2/c1-4-17-7-8-18(10-11(17)2)15(19)13-6-5-12(20-3)9-14(13)16/h5-6,9,11H,4,7-8,10H2,1-3H3. The third-order valence-electron chi connectivity index (χ3n) is 3.87. The highest BCUT2D eigenvalue weighted by Gasteiger charge is 2.27. The van der Waals surface area contributed by atoms with Gasteiger partial charge in [-0.25, -0.2) is 4.39 Å². The lowest BCUT2D eigenvalue weighted by Crippen LogP contribution is -2.53. The zero-order chi connectivity index (χ0) is 14.7. The fourth-order valence-electron chi connectivity index (χ4n) is 2.62. The number of methoxy groups -OCH3 is 1. The molecule has 1 aliphatic heterocycles. The number of nitrogens with zero attached hydrogens (tertiary/aromatic N) is 2. The Labute approximate surface area is 119 Å². The molecule has 0 aliphatic carbocycles. The predicted molar refractivity (Wildman–Crippen MR) is 75.6 cm³/mol. The summed E-state index contributed by atoms with van der Waals surface area (Å²) in [6.07, 6.45) is 0. The lowest BCUT2D eigenvalue weighted by atomic mass is 10.1. The largest absolute Gasteiger partial charge is 0.497 e. The summed E-state index contributed by atoms with van der Waals surface area (Å²) in [6, 6.07) is 4.66. The van der Waals surface area contributed by atoms with Gasteiger partial charge in [-0.1, -0.05) is 6.92 Å². The van der Waals surface area contributed by atoms with Gasteiger partial charge in [0.15, 0.2) is 0 Å². The zero-order valence-electron chi connectivity index (χ0n) is 12.2. The molecule has 0 bridgehead atoms. The van der Waals surface area contributed by atoms with Crippen LogP contribution in [-0.2, 0) is 0 Å². The third-order valence-corrected chi connectivity index (χ3v) is 3.87. The van der Waals surface area contributed by atoms with Gasteiger partial charge < -0.3 is 9.64 Å². The van der Waals surface area contributed by atoms with Gasteiger partial charge in [-0.3, -0.25) is 9.69 Å². The van der Waals surface area contributed by atoms with E-state index in [-0.39, 0.29) is 11.5 Å². The summed E-state index contributed by atoms with van der Waals surface area (Å²) in [4.78, 5) is 16.4. The normalized spacial score (nSPS) is 20.0. The van der Waals surface area contributed by atoms with Gasteiger partial charge in [0.25, 0.3) is 5.91 Å². The maximum Gasteiger partial charge on any atom is 0.256 e. The molecule has 0 N–H and O–H groups in total. The Balaban J connectivity index is 2.12. The van der Waals surface area contributed by atoms with E-state index in [1.807, 2.05) is 0 Å². The molecule has 110 valence electrons. The van der Waals surface area contributed by atoms with Crippen molar-refractivity contribution in [2.24, 2.45) is 0 Å². The fraction of sp³-hybridized carbons (Fsp3) is 0.533. The van der Waals surface area contributed by atoms with E-state index in [1.54, 1.807) is 11.0 Å². The van der Waals surface area contributed by atoms with Crippen molar-refractivity contribution < 1.29 is 13.9 Å². The molecule has 0 radical (unpaired) electrons. The smallest absolute Gasteiger partial charge is 0.256 e. The monoisotopic (exact) mass is 280 g/mol. The van der Waals surface area contributed by atoms with E-state index in [2.05, 4.69) is 18.7 Å². The van der Waals surface area contributed by atoms with Crippen LogP contribution in [0.5, 0.6) is 5.75 Å². The van der Waals surface area contributed by atoms with Gasteiger partial charge in [-0.05, 0) is 25.6 Å². The molecule has 2 rings (SSSR count). The van der Waals surface area contributed by atoms with Crippen LogP contribution in [0.15, 0.2) is 18.2 Å². The average molecular weight is 280 g/mol. The summed E-state index contributed by atoms with van der Waals surface area (Å²) in [6.45, 7) is 7.28. The number of rotatable bonds is 3. The summed E-state index contributed by atoms with van der Waals surface area (Å²) in [5.74, 6) is -0.351. The average Bonchev–Trinajstić information content (AvgIpc) is 2.46. The molecule has 0 aromatic heterocycles. The minimum Gasteiger partial charge on any atom is -0.497 e. The van der Waals surface area contributed by atoms with E-state index in [1.165, 1.54) is 19.2 Å². The molecule has 1 heterocycles. The lowest BCUT2D eigenvalue weighted by molar-refractivity contribution is 0.0524. The van der Waals surface area contributed by atoms with Gasteiger partial charge >= 0.3 is 0 Å². The summed E-state index contributed by atoms with van der Waals surface area (Å²) in [7, 11) is 1.47. The molecule has 5 heteroatoms. The van der Waals surface area contributed by atoms with Crippen molar-refractivity contribution in [2.75, 3.05) is 33.3 Å². The first-order valence-electron chi connectivity index (χ1n) is 6.93. The third kappa shape index (κ3) is 2.93. The van der Waals surface area contributed by atoms with Crippen LogP contribution in [0.4, 0.5) is 4.39 Å². The Morgan fingerprint density at radius 3 is 2.75 bits per heavy atom. The molecule has 20 heavy (non-hydrogen) atoms. The highest BCUT2D eigenvalue weighted by atomic mass is 19.1. The first-order chi connectivity index (χ1) is 9.56. The second-order valence-electron chi connectivity index (χ2n) is 5.07. The molecule has 1 aliphatic rings. The number of likely N-dealkylation sites (N-methyl/N-ethyl adjacent to an activating group) is 1. The van der Waals surface area contributed by atoms with Gasteiger partial charge in [-0.2, -0.15) is 0 Å². The van der Waals surface area contributed by atoms with Crippen LogP contribution in [0.25, 0.3) is 0 Å². The minimum atomic E-state index is -0.528. The van der Waals surface area contributed by atoms with Crippen LogP contribution in [0, 0.1) is 5.82 Å². The number of hydrogen-bond donors (Lipinski definition) is 0. The first kappa shape index (κ1) is 14.8. The number of amides is 1. The molecule has 1 aromatic rings. The molecule has 1 fully saturated rings. The van der Waals surface area contributed by atoms with Crippen LogP contribution in [-0.4, -0.2) is 55.0 Å². The maximum absolute atomic E-state index is 13.9. The molecule has 0 saturated carbocycles. The number of halogens is 1. The summed E-state index contributed by atoms with van der Waals surface area (Å²) < 4.78 is 18.9. The van der Waals surface area contributed by atoms with Gasteiger partial charge in [0, 0.05) is 31.7 Å². The quantitative estimate of drug-likeness (QED) is 0.849. The number of piperazine rings is 1. The van der Waals surface area contributed by atoms with Crippen molar-refractivity contribution in [1.29, 1.82) is 0 Å². The van der Waals surface area contributed by atoms with Crippen LogP contribution in [0.1, 0.15) is 24.2 Å². The number of hydrogen-bond acceptors (Lipinski definition) is 3. The van der Waals surface area contributed by atoms with E-state index in [0.29, 0.717) is 24.9 Å². The number of carbonyl (C=O) groups is 1. The van der Waals surface area contributed by atoms with Gasteiger partial charge in [0.2, 0.25) is 0 Å². The van der Waals surface area contributed by atoms with E-state index in [9.17, 15) is 9.18 Å². The Kier molecular flexibility index (Phi) is 4.60.